The van der Waals surface area contributed by atoms with Crippen LogP contribution in [0.15, 0.2) is 36.5 Å². The Labute approximate surface area is 352 Å². The zero-order chi connectivity index (χ0) is 42.6. The van der Waals surface area contributed by atoms with Gasteiger partial charge in [0.05, 0.1) is 25.4 Å². The van der Waals surface area contributed by atoms with Crippen LogP contribution in [0.25, 0.3) is 0 Å². The molecule has 8 N–H and O–H groups in total. The predicted molar refractivity (Wildman–Crippen MR) is 233 cm³/mol. The van der Waals surface area contributed by atoms with Gasteiger partial charge in [-0.3, -0.25) is 4.79 Å². The molecule has 0 spiro atoms. The smallest absolute Gasteiger partial charge is 0.249 e. The minimum atomic E-state index is -1.67. The van der Waals surface area contributed by atoms with Gasteiger partial charge in [-0.15, -0.1) is 0 Å². The molecule has 1 aliphatic heterocycles. The van der Waals surface area contributed by atoms with Gasteiger partial charge in [0, 0.05) is 0 Å². The first-order chi connectivity index (χ1) is 28.2. The van der Waals surface area contributed by atoms with Crippen molar-refractivity contribution in [3.05, 3.63) is 36.5 Å². The normalized spacial score (nSPS) is 22.3. The second kappa shape index (κ2) is 37.1. The van der Waals surface area contributed by atoms with Crippen LogP contribution in [0.1, 0.15) is 187 Å². The lowest BCUT2D eigenvalue weighted by Gasteiger charge is -2.40. The Balaban J connectivity index is 2.51. The summed E-state index contributed by atoms with van der Waals surface area (Å²) in [7, 11) is 0. The van der Waals surface area contributed by atoms with Crippen LogP contribution in [-0.2, 0) is 14.3 Å². The SMILES string of the molecule is CCCCCCCCC/C=C\CCCCCCC(O)C(=O)NC(COC1OC(CO)C(O)C(O)C1O)C(O)C(O)CCC/C=C/CC/C=C/CCCCCCCCC. The first-order valence-corrected chi connectivity index (χ1v) is 23.4. The molecule has 340 valence electrons. The largest absolute Gasteiger partial charge is 0.394 e. The first-order valence-electron chi connectivity index (χ1n) is 23.4. The third-order valence-electron chi connectivity index (χ3n) is 11.1. The van der Waals surface area contributed by atoms with Gasteiger partial charge in [-0.25, -0.2) is 0 Å². The van der Waals surface area contributed by atoms with Crippen LogP contribution in [-0.4, -0.2) is 110 Å². The molecule has 0 aliphatic carbocycles. The maximum Gasteiger partial charge on any atom is 0.249 e. The van der Waals surface area contributed by atoms with Crippen molar-refractivity contribution in [1.29, 1.82) is 0 Å². The summed E-state index contributed by atoms with van der Waals surface area (Å²) >= 11 is 0. The van der Waals surface area contributed by atoms with E-state index in [2.05, 4.69) is 55.6 Å². The molecule has 0 saturated carbocycles. The summed E-state index contributed by atoms with van der Waals surface area (Å²) in [4.78, 5) is 13.1. The van der Waals surface area contributed by atoms with E-state index in [1.165, 1.54) is 89.9 Å². The number of aliphatic hydroxyl groups is 7. The number of carbonyl (C=O) groups excluding carboxylic acids is 1. The molecular formula is C47H87NO10. The minimum Gasteiger partial charge on any atom is -0.394 e. The maximum atomic E-state index is 13.1. The molecule has 58 heavy (non-hydrogen) atoms. The van der Waals surface area contributed by atoms with Gasteiger partial charge >= 0.3 is 0 Å². The minimum absolute atomic E-state index is 0.236. The quantitative estimate of drug-likeness (QED) is 0.0227. The maximum absolute atomic E-state index is 13.1. The number of allylic oxidation sites excluding steroid dienone is 6. The van der Waals surface area contributed by atoms with Crippen LogP contribution in [0, 0.1) is 0 Å². The molecule has 11 nitrogen and oxygen atoms in total. The molecule has 9 unspecified atom stereocenters. The van der Waals surface area contributed by atoms with Crippen LogP contribution in [0.4, 0.5) is 0 Å². The molecule has 1 heterocycles. The van der Waals surface area contributed by atoms with E-state index >= 15 is 0 Å². The van der Waals surface area contributed by atoms with Crippen LogP contribution < -0.4 is 5.32 Å². The Hall–Kier alpha value is -1.67. The number of hydrogen-bond acceptors (Lipinski definition) is 10. The molecule has 0 bridgehead atoms. The van der Waals surface area contributed by atoms with Crippen molar-refractivity contribution in [2.75, 3.05) is 13.2 Å². The number of aliphatic hydroxyl groups excluding tert-OH is 7. The number of hydrogen-bond donors (Lipinski definition) is 8. The summed E-state index contributed by atoms with van der Waals surface area (Å²) in [5, 5.41) is 75.6. The second-order valence-electron chi connectivity index (χ2n) is 16.5. The predicted octanol–water partition coefficient (Wildman–Crippen LogP) is 7.61. The summed E-state index contributed by atoms with van der Waals surface area (Å²) < 4.78 is 11.1. The van der Waals surface area contributed by atoms with E-state index in [0.717, 1.165) is 51.4 Å². The summed E-state index contributed by atoms with van der Waals surface area (Å²) in [6.07, 6.45) is 30.5. The Kier molecular flexibility index (Phi) is 34.8. The molecule has 1 fully saturated rings. The molecule has 1 amide bonds. The molecule has 0 aromatic heterocycles. The molecule has 0 aromatic rings. The van der Waals surface area contributed by atoms with Gasteiger partial charge < -0.3 is 50.5 Å². The van der Waals surface area contributed by atoms with Crippen molar-refractivity contribution in [2.24, 2.45) is 0 Å². The molecular weight excluding hydrogens is 739 g/mol. The van der Waals surface area contributed by atoms with Crippen molar-refractivity contribution < 1.29 is 50.0 Å². The summed E-state index contributed by atoms with van der Waals surface area (Å²) in [6, 6.07) is -1.19. The number of rotatable bonds is 38. The highest BCUT2D eigenvalue weighted by Gasteiger charge is 2.44. The fourth-order valence-electron chi connectivity index (χ4n) is 7.21. The van der Waals surface area contributed by atoms with Crippen molar-refractivity contribution in [3.8, 4) is 0 Å². The van der Waals surface area contributed by atoms with E-state index in [1.54, 1.807) is 0 Å². The highest BCUT2D eigenvalue weighted by Crippen LogP contribution is 2.23. The highest BCUT2D eigenvalue weighted by atomic mass is 16.7. The first kappa shape index (κ1) is 54.3. The third kappa shape index (κ3) is 26.5. The average molecular weight is 826 g/mol. The lowest BCUT2D eigenvalue weighted by Crippen LogP contribution is -2.60. The van der Waals surface area contributed by atoms with Crippen LogP contribution in [0.2, 0.25) is 0 Å². The van der Waals surface area contributed by atoms with Gasteiger partial charge in [-0.1, -0.05) is 147 Å². The van der Waals surface area contributed by atoms with Crippen LogP contribution in [0.5, 0.6) is 0 Å². The average Bonchev–Trinajstić information content (AvgIpc) is 3.22. The van der Waals surface area contributed by atoms with Gasteiger partial charge in [0.1, 0.15) is 36.6 Å². The van der Waals surface area contributed by atoms with E-state index in [4.69, 9.17) is 9.47 Å². The lowest BCUT2D eigenvalue weighted by atomic mass is 9.98. The lowest BCUT2D eigenvalue weighted by molar-refractivity contribution is -0.303. The Morgan fingerprint density at radius 2 is 1.03 bits per heavy atom. The second-order valence-corrected chi connectivity index (χ2v) is 16.5. The third-order valence-corrected chi connectivity index (χ3v) is 11.1. The van der Waals surface area contributed by atoms with Gasteiger partial charge in [-0.05, 0) is 77.0 Å². The standard InChI is InChI=1S/C47H87NO10/c1-3-5-7-9-11-13-15-17-19-21-22-24-26-28-30-32-34-39(50)42(52)38(37-57-47-45(55)44(54)43(53)41(36-49)58-47)48-46(56)40(51)35-33-31-29-27-25-23-20-18-16-14-12-10-8-6-4-2/h19-21,23,26,28,38-45,47,49-55H,3-18,22,24-25,27,29-37H2,1-2H3,(H,48,56)/b21-19+,23-20-,28-26+. The topological polar surface area (TPSA) is 189 Å². The highest BCUT2D eigenvalue weighted by molar-refractivity contribution is 5.80. The van der Waals surface area contributed by atoms with Gasteiger partial charge in [0.15, 0.2) is 6.29 Å². The molecule has 1 rings (SSSR count). The van der Waals surface area contributed by atoms with E-state index in [0.29, 0.717) is 19.3 Å². The van der Waals surface area contributed by atoms with E-state index in [9.17, 15) is 40.5 Å². The van der Waals surface area contributed by atoms with E-state index in [1.807, 2.05) is 0 Å². The Morgan fingerprint density at radius 1 is 0.586 bits per heavy atom. The number of carbonyl (C=O) groups is 1. The zero-order valence-corrected chi connectivity index (χ0v) is 36.5. The summed E-state index contributed by atoms with van der Waals surface area (Å²) in [5.74, 6) is -0.721. The summed E-state index contributed by atoms with van der Waals surface area (Å²) in [6.45, 7) is 3.39. The molecule has 1 saturated heterocycles. The van der Waals surface area contributed by atoms with Crippen molar-refractivity contribution in [2.45, 2.75) is 242 Å². The summed E-state index contributed by atoms with van der Waals surface area (Å²) in [5.41, 5.74) is 0. The van der Waals surface area contributed by atoms with E-state index in [-0.39, 0.29) is 12.8 Å². The fraction of sp³-hybridized carbons (Fsp3) is 0.851. The van der Waals surface area contributed by atoms with Gasteiger partial charge in [0.2, 0.25) is 5.91 Å². The van der Waals surface area contributed by atoms with Crippen molar-refractivity contribution in [3.63, 3.8) is 0 Å². The van der Waals surface area contributed by atoms with Crippen LogP contribution in [0.3, 0.4) is 0 Å². The number of nitrogens with one attached hydrogen (secondary N) is 1. The fourth-order valence-corrected chi connectivity index (χ4v) is 7.21. The number of ether oxygens (including phenoxy) is 2. The van der Waals surface area contributed by atoms with Crippen LogP contribution >= 0.6 is 0 Å². The molecule has 0 radical (unpaired) electrons. The molecule has 0 aromatic carbocycles. The van der Waals surface area contributed by atoms with Crippen molar-refractivity contribution >= 4 is 5.91 Å². The zero-order valence-electron chi connectivity index (χ0n) is 36.5. The number of amides is 1. The Bertz CT molecular complexity index is 1040. The number of unbranched alkanes of at least 4 members (excludes halogenated alkanes) is 20. The van der Waals surface area contributed by atoms with E-state index < -0.39 is 74.2 Å². The van der Waals surface area contributed by atoms with Crippen molar-refractivity contribution in [1.82, 2.24) is 5.32 Å². The van der Waals surface area contributed by atoms with Gasteiger partial charge in [0.25, 0.3) is 0 Å². The molecule has 11 heteroatoms. The molecule has 1 aliphatic rings. The Morgan fingerprint density at radius 3 is 1.53 bits per heavy atom. The monoisotopic (exact) mass is 826 g/mol. The molecule has 9 atom stereocenters. The van der Waals surface area contributed by atoms with Gasteiger partial charge in [-0.2, -0.15) is 0 Å².